The second-order valence-electron chi connectivity index (χ2n) is 6.21. The maximum absolute atomic E-state index is 11.9. The van der Waals surface area contributed by atoms with Crippen molar-refractivity contribution in [1.82, 2.24) is 5.32 Å². The van der Waals surface area contributed by atoms with Crippen LogP contribution in [0.5, 0.6) is 0 Å². The molecule has 0 radical (unpaired) electrons. The molecule has 5 nitrogen and oxygen atoms in total. The van der Waals surface area contributed by atoms with Gasteiger partial charge in [0.25, 0.3) is 0 Å². The maximum Gasteiger partial charge on any atom is 0.412 e. The Morgan fingerprint density at radius 1 is 1.33 bits per heavy atom. The number of aryl methyl sites for hydroxylation is 1. The van der Waals surface area contributed by atoms with Gasteiger partial charge >= 0.3 is 6.09 Å². The molecule has 0 bridgehead atoms. The molecule has 1 rings (SSSR count). The van der Waals surface area contributed by atoms with Crippen LogP contribution in [0.25, 0.3) is 0 Å². The fourth-order valence-corrected chi connectivity index (χ4v) is 1.93. The Bertz CT molecular complexity index is 507. The van der Waals surface area contributed by atoms with Crippen LogP contribution < -0.4 is 10.6 Å². The summed E-state index contributed by atoms with van der Waals surface area (Å²) in [4.78, 5) is 11.9. The highest BCUT2D eigenvalue weighted by atomic mass is 16.6. The zero-order chi connectivity index (χ0) is 16.2. The molecule has 21 heavy (non-hydrogen) atoms. The van der Waals surface area contributed by atoms with Crippen LogP contribution in [0, 0.1) is 13.8 Å². The van der Waals surface area contributed by atoms with Crippen LogP contribution in [-0.4, -0.2) is 30.4 Å². The zero-order valence-corrected chi connectivity index (χ0v) is 13.7. The van der Waals surface area contributed by atoms with Gasteiger partial charge in [0.15, 0.2) is 0 Å². The lowest BCUT2D eigenvalue weighted by Crippen LogP contribution is -2.27. The van der Waals surface area contributed by atoms with Crippen molar-refractivity contribution in [1.29, 1.82) is 0 Å². The van der Waals surface area contributed by atoms with Gasteiger partial charge in [0.1, 0.15) is 5.60 Å². The van der Waals surface area contributed by atoms with Crippen LogP contribution in [0.1, 0.15) is 43.6 Å². The molecule has 3 N–H and O–H groups in total. The molecular weight excluding hydrogens is 268 g/mol. The molecule has 0 fully saturated rings. The van der Waals surface area contributed by atoms with Crippen molar-refractivity contribution in [2.45, 2.75) is 46.3 Å². The topological polar surface area (TPSA) is 70.6 Å². The molecule has 1 aromatic carbocycles. The average molecular weight is 294 g/mol. The highest BCUT2D eigenvalue weighted by Crippen LogP contribution is 2.25. The predicted molar refractivity (Wildman–Crippen MR) is 84.7 cm³/mol. The van der Waals surface area contributed by atoms with Crippen molar-refractivity contribution in [2.24, 2.45) is 0 Å². The van der Waals surface area contributed by atoms with E-state index in [9.17, 15) is 9.90 Å². The Morgan fingerprint density at radius 2 is 1.95 bits per heavy atom. The number of hydrogen-bond donors (Lipinski definition) is 3. The Hall–Kier alpha value is -1.59. The van der Waals surface area contributed by atoms with E-state index in [1.165, 1.54) is 0 Å². The van der Waals surface area contributed by atoms with Crippen LogP contribution >= 0.6 is 0 Å². The third-order valence-electron chi connectivity index (χ3n) is 3.11. The molecular formula is C16H26N2O3. The highest BCUT2D eigenvalue weighted by molar-refractivity contribution is 5.86. The monoisotopic (exact) mass is 294 g/mol. The molecule has 0 aliphatic rings. The van der Waals surface area contributed by atoms with Gasteiger partial charge < -0.3 is 15.2 Å². The van der Waals surface area contributed by atoms with Crippen LogP contribution in [0.2, 0.25) is 0 Å². The first-order valence-electron chi connectivity index (χ1n) is 7.08. The number of rotatable bonds is 4. The number of hydrogen-bond acceptors (Lipinski definition) is 4. The van der Waals surface area contributed by atoms with Gasteiger partial charge in [-0.15, -0.1) is 0 Å². The van der Waals surface area contributed by atoms with E-state index in [-0.39, 0.29) is 0 Å². The molecule has 1 amide bonds. The van der Waals surface area contributed by atoms with Gasteiger partial charge in [-0.25, -0.2) is 4.79 Å². The number of aliphatic hydroxyl groups is 1. The number of likely N-dealkylation sites (N-methyl/N-ethyl adjacent to an activating group) is 1. The molecule has 1 unspecified atom stereocenters. The molecule has 0 aliphatic heterocycles. The zero-order valence-electron chi connectivity index (χ0n) is 13.7. The van der Waals surface area contributed by atoms with E-state index in [0.29, 0.717) is 12.2 Å². The standard InChI is InChI=1S/C16H26N2O3/c1-10-7-12(14(19)9-17-6)8-13(11(10)2)18-15(20)21-16(3,4)5/h7-8,14,17,19H,9H2,1-6H3,(H,18,20). The Balaban J connectivity index is 2.98. The number of nitrogens with one attached hydrogen (secondary N) is 2. The number of carbonyl (C=O) groups excluding carboxylic acids is 1. The van der Waals surface area contributed by atoms with Crippen molar-refractivity contribution in [3.8, 4) is 0 Å². The third-order valence-corrected chi connectivity index (χ3v) is 3.11. The molecule has 0 aromatic heterocycles. The van der Waals surface area contributed by atoms with Crippen molar-refractivity contribution in [3.05, 3.63) is 28.8 Å². The van der Waals surface area contributed by atoms with Crippen LogP contribution in [0.15, 0.2) is 12.1 Å². The molecule has 1 aromatic rings. The Morgan fingerprint density at radius 3 is 2.48 bits per heavy atom. The molecule has 118 valence electrons. The lowest BCUT2D eigenvalue weighted by Gasteiger charge is -2.21. The molecule has 0 spiro atoms. The van der Waals surface area contributed by atoms with E-state index in [0.717, 1.165) is 16.7 Å². The van der Waals surface area contributed by atoms with Crippen LogP contribution in [-0.2, 0) is 4.74 Å². The normalized spacial score (nSPS) is 12.9. The number of carbonyl (C=O) groups is 1. The Kier molecular flexibility index (Phi) is 5.75. The van der Waals surface area contributed by atoms with Crippen molar-refractivity contribution in [2.75, 3.05) is 18.9 Å². The predicted octanol–water partition coefficient (Wildman–Crippen LogP) is 2.90. The smallest absolute Gasteiger partial charge is 0.412 e. The lowest BCUT2D eigenvalue weighted by atomic mass is 10.0. The first-order chi connectivity index (χ1) is 9.64. The number of amides is 1. The number of aliphatic hydroxyl groups excluding tert-OH is 1. The summed E-state index contributed by atoms with van der Waals surface area (Å²) < 4.78 is 5.26. The van der Waals surface area contributed by atoms with Crippen LogP contribution in [0.4, 0.5) is 10.5 Å². The quantitative estimate of drug-likeness (QED) is 0.798. The summed E-state index contributed by atoms with van der Waals surface area (Å²) in [5, 5.41) is 15.8. The van der Waals surface area contributed by atoms with Gasteiger partial charge in [-0.1, -0.05) is 6.07 Å². The summed E-state index contributed by atoms with van der Waals surface area (Å²) >= 11 is 0. The third kappa shape index (κ3) is 5.36. The van der Waals surface area contributed by atoms with E-state index in [1.54, 1.807) is 13.1 Å². The summed E-state index contributed by atoms with van der Waals surface area (Å²) in [6.07, 6.45) is -1.11. The first-order valence-corrected chi connectivity index (χ1v) is 7.08. The van der Waals surface area contributed by atoms with E-state index in [2.05, 4.69) is 10.6 Å². The average Bonchev–Trinajstić information content (AvgIpc) is 2.32. The van der Waals surface area contributed by atoms with E-state index in [1.807, 2.05) is 40.7 Å². The molecule has 0 heterocycles. The maximum atomic E-state index is 11.9. The fraction of sp³-hybridized carbons (Fsp3) is 0.562. The summed E-state index contributed by atoms with van der Waals surface area (Å²) in [5.74, 6) is 0. The summed E-state index contributed by atoms with van der Waals surface area (Å²) in [6.45, 7) is 9.78. The van der Waals surface area contributed by atoms with E-state index >= 15 is 0 Å². The van der Waals surface area contributed by atoms with Gasteiger partial charge in [0, 0.05) is 12.2 Å². The number of ether oxygens (including phenoxy) is 1. The van der Waals surface area contributed by atoms with Crippen molar-refractivity contribution < 1.29 is 14.6 Å². The van der Waals surface area contributed by atoms with Crippen molar-refractivity contribution >= 4 is 11.8 Å². The summed E-state index contributed by atoms with van der Waals surface area (Å²) in [6, 6.07) is 3.71. The molecule has 5 heteroatoms. The molecule has 0 saturated heterocycles. The van der Waals surface area contributed by atoms with Crippen molar-refractivity contribution in [3.63, 3.8) is 0 Å². The fourth-order valence-electron chi connectivity index (χ4n) is 1.93. The minimum Gasteiger partial charge on any atom is -0.444 e. The van der Waals surface area contributed by atoms with Crippen LogP contribution in [0.3, 0.4) is 0 Å². The van der Waals surface area contributed by atoms with Gasteiger partial charge in [0.05, 0.1) is 6.10 Å². The largest absolute Gasteiger partial charge is 0.444 e. The van der Waals surface area contributed by atoms with Gasteiger partial charge in [-0.05, 0) is 64.4 Å². The van der Waals surface area contributed by atoms with Gasteiger partial charge in [-0.2, -0.15) is 0 Å². The SMILES string of the molecule is CNCC(O)c1cc(C)c(C)c(NC(=O)OC(C)(C)C)c1. The Labute approximate surface area is 126 Å². The lowest BCUT2D eigenvalue weighted by molar-refractivity contribution is 0.0635. The molecule has 0 aliphatic carbocycles. The second-order valence-corrected chi connectivity index (χ2v) is 6.21. The van der Waals surface area contributed by atoms with Gasteiger partial charge in [-0.3, -0.25) is 5.32 Å². The van der Waals surface area contributed by atoms with Gasteiger partial charge in [0.2, 0.25) is 0 Å². The minimum absolute atomic E-state index is 0.453. The summed E-state index contributed by atoms with van der Waals surface area (Å²) in [5.41, 5.74) is 2.85. The van der Waals surface area contributed by atoms with E-state index in [4.69, 9.17) is 4.74 Å². The number of benzene rings is 1. The first kappa shape index (κ1) is 17.5. The minimum atomic E-state index is -0.617. The second kappa shape index (κ2) is 6.91. The molecule has 1 atom stereocenters. The molecule has 0 saturated carbocycles. The summed E-state index contributed by atoms with van der Waals surface area (Å²) in [7, 11) is 1.78. The van der Waals surface area contributed by atoms with E-state index < -0.39 is 17.8 Å². The highest BCUT2D eigenvalue weighted by Gasteiger charge is 2.18. The number of anilines is 1.